The molecule has 1 aromatic rings. The van der Waals surface area contributed by atoms with Crippen LogP contribution < -0.4 is 0 Å². The van der Waals surface area contributed by atoms with E-state index >= 15 is 0 Å². The summed E-state index contributed by atoms with van der Waals surface area (Å²) < 4.78 is 40.2. The number of fused-ring (bicyclic) bond motifs is 1. The summed E-state index contributed by atoms with van der Waals surface area (Å²) in [5.74, 6) is 0.124. The Hall–Kier alpha value is -0.420. The molecule has 1 heterocycles. The minimum absolute atomic E-state index is 0.124. The Labute approximate surface area is 106 Å². The van der Waals surface area contributed by atoms with E-state index in [1.54, 1.807) is 30.3 Å². The number of allylic oxidation sites excluding steroid dienone is 1. The van der Waals surface area contributed by atoms with Gasteiger partial charge in [-0.15, -0.1) is 0 Å². The second-order valence-corrected chi connectivity index (χ2v) is 9.71. The van der Waals surface area contributed by atoms with Crippen LogP contribution in [0.4, 0.5) is 13.2 Å². The van der Waals surface area contributed by atoms with Crippen molar-refractivity contribution in [2.75, 3.05) is 0 Å². The molecule has 1 fully saturated rings. The first-order valence-corrected chi connectivity index (χ1v) is 8.82. The van der Waals surface area contributed by atoms with Crippen LogP contribution in [0, 0.1) is 5.92 Å². The van der Waals surface area contributed by atoms with Crippen molar-refractivity contribution in [3.8, 4) is 0 Å². The van der Waals surface area contributed by atoms with Gasteiger partial charge in [0.1, 0.15) is 0 Å². The van der Waals surface area contributed by atoms with Crippen molar-refractivity contribution < 1.29 is 13.2 Å². The van der Waals surface area contributed by atoms with Crippen LogP contribution >= 0.6 is 23.3 Å². The molecule has 0 spiro atoms. The lowest BCUT2D eigenvalue weighted by Gasteiger charge is -2.35. The third-order valence-electron chi connectivity index (χ3n) is 3.14. The van der Waals surface area contributed by atoms with Crippen molar-refractivity contribution in [1.82, 2.24) is 0 Å². The maximum absolute atomic E-state index is 13.4. The molecule has 0 bridgehead atoms. The van der Waals surface area contributed by atoms with Crippen molar-refractivity contribution in [1.29, 1.82) is 0 Å². The van der Waals surface area contributed by atoms with Gasteiger partial charge >= 0.3 is 5.51 Å². The summed E-state index contributed by atoms with van der Waals surface area (Å²) in [6.07, 6.45) is 3.51. The molecule has 1 aliphatic heterocycles. The maximum atomic E-state index is 13.4. The molecule has 1 atom stereocenters. The second-order valence-electron chi connectivity index (χ2n) is 4.34. The van der Waals surface area contributed by atoms with Crippen molar-refractivity contribution in [2.45, 2.75) is 23.2 Å². The van der Waals surface area contributed by atoms with Crippen LogP contribution in [-0.2, 0) is 0 Å². The van der Waals surface area contributed by atoms with E-state index < -0.39 is 14.0 Å². The minimum Gasteiger partial charge on any atom is -0.160 e. The van der Waals surface area contributed by atoms with Gasteiger partial charge in [-0.05, 0) is 64.6 Å². The lowest BCUT2D eigenvalue weighted by molar-refractivity contribution is -0.0356. The SMILES string of the molecule is FC(F)(F)S1(Br)C(C2CC2)=Cc2ccccc21. The van der Waals surface area contributed by atoms with Gasteiger partial charge in [-0.3, -0.25) is 0 Å². The number of hydrogen-bond acceptors (Lipinski definition) is 0. The van der Waals surface area contributed by atoms with Crippen LogP contribution in [0.1, 0.15) is 18.4 Å². The number of halogens is 4. The molecule has 1 unspecified atom stereocenters. The topological polar surface area (TPSA) is 0 Å². The van der Waals surface area contributed by atoms with E-state index in [4.69, 9.17) is 0 Å². The monoisotopic (exact) mass is 322 g/mol. The lowest BCUT2D eigenvalue weighted by atomic mass is 10.2. The Balaban J connectivity index is 2.20. The Morgan fingerprint density at radius 2 is 1.82 bits per heavy atom. The molecule has 0 radical (unpaired) electrons. The molecule has 1 aromatic carbocycles. The fourth-order valence-corrected chi connectivity index (χ4v) is 6.62. The molecule has 2 aliphatic rings. The fourth-order valence-electron chi connectivity index (χ4n) is 2.19. The Bertz CT molecular complexity index is 505. The third-order valence-corrected chi connectivity index (χ3v) is 9.13. The van der Waals surface area contributed by atoms with E-state index in [0.717, 1.165) is 18.4 Å². The molecule has 0 amide bonds. The molecular formula is C12H10BrF3S. The van der Waals surface area contributed by atoms with Gasteiger partial charge < -0.3 is 0 Å². The van der Waals surface area contributed by atoms with Gasteiger partial charge in [0.25, 0.3) is 0 Å². The average molecular weight is 323 g/mol. The first kappa shape index (κ1) is 11.7. The number of rotatable bonds is 1. The fraction of sp³-hybridized carbons (Fsp3) is 0.333. The molecule has 17 heavy (non-hydrogen) atoms. The van der Waals surface area contributed by atoms with Gasteiger partial charge in [0.15, 0.2) is 0 Å². The highest BCUT2D eigenvalue weighted by atomic mass is 79.9. The van der Waals surface area contributed by atoms with Gasteiger partial charge in [-0.25, -0.2) is 0 Å². The van der Waals surface area contributed by atoms with Crippen molar-refractivity contribution in [3.63, 3.8) is 0 Å². The molecule has 0 aromatic heterocycles. The van der Waals surface area contributed by atoms with Crippen LogP contribution in [0.2, 0.25) is 0 Å². The lowest BCUT2D eigenvalue weighted by Crippen LogP contribution is -2.16. The summed E-state index contributed by atoms with van der Waals surface area (Å²) >= 11 is 3.06. The van der Waals surface area contributed by atoms with E-state index in [9.17, 15) is 13.2 Å². The zero-order valence-corrected chi connectivity index (χ0v) is 11.2. The summed E-state index contributed by atoms with van der Waals surface area (Å²) in [6, 6.07) is 6.82. The molecule has 0 N–H and O–H groups in total. The molecule has 92 valence electrons. The highest BCUT2D eigenvalue weighted by Gasteiger charge is 2.57. The van der Waals surface area contributed by atoms with Gasteiger partial charge in [0.05, 0.1) is 0 Å². The minimum atomic E-state index is -4.21. The average Bonchev–Trinajstić information content (AvgIpc) is 3.04. The Morgan fingerprint density at radius 1 is 1.18 bits per heavy atom. The summed E-state index contributed by atoms with van der Waals surface area (Å²) in [6.45, 7) is 0. The standard InChI is InChI=1S/C12H10BrF3S/c13-17(12(14,15)16)10-4-2-1-3-9(10)7-11(17)8-5-6-8/h1-4,7-8H,5-6H2. The van der Waals surface area contributed by atoms with Gasteiger partial charge in [0, 0.05) is 4.90 Å². The normalized spacial score (nSPS) is 31.6. The maximum Gasteiger partial charge on any atom is 0.442 e. The van der Waals surface area contributed by atoms with Crippen LogP contribution in [0.15, 0.2) is 34.1 Å². The Morgan fingerprint density at radius 3 is 2.41 bits per heavy atom. The number of alkyl halides is 3. The van der Waals surface area contributed by atoms with E-state index in [2.05, 4.69) is 14.8 Å². The van der Waals surface area contributed by atoms with E-state index in [1.165, 1.54) is 0 Å². The molecule has 0 saturated heterocycles. The zero-order valence-electron chi connectivity index (χ0n) is 8.80. The van der Waals surface area contributed by atoms with Gasteiger partial charge in [0.2, 0.25) is 0 Å². The van der Waals surface area contributed by atoms with Crippen molar-refractivity contribution >= 4 is 29.4 Å². The Kier molecular flexibility index (Phi) is 2.43. The van der Waals surface area contributed by atoms with Crippen molar-refractivity contribution in [3.05, 3.63) is 34.7 Å². The number of benzene rings is 1. The predicted octanol–water partition coefficient (Wildman–Crippen LogP) is 5.44. The zero-order chi connectivity index (χ0) is 12.3. The number of hydrogen-bond donors (Lipinski definition) is 0. The highest BCUT2D eigenvalue weighted by Crippen LogP contribution is 2.83. The van der Waals surface area contributed by atoms with Crippen LogP contribution in [-0.4, -0.2) is 5.51 Å². The summed E-state index contributed by atoms with van der Waals surface area (Å²) in [4.78, 5) is 0.973. The molecular weight excluding hydrogens is 313 g/mol. The smallest absolute Gasteiger partial charge is 0.160 e. The third kappa shape index (κ3) is 1.58. The predicted molar refractivity (Wildman–Crippen MR) is 68.0 cm³/mol. The summed E-state index contributed by atoms with van der Waals surface area (Å²) in [5.41, 5.74) is -3.49. The molecule has 1 saturated carbocycles. The van der Waals surface area contributed by atoms with Crippen LogP contribution in [0.25, 0.3) is 6.08 Å². The van der Waals surface area contributed by atoms with Crippen LogP contribution in [0.3, 0.4) is 0 Å². The van der Waals surface area contributed by atoms with E-state index in [0.29, 0.717) is 9.80 Å². The first-order valence-electron chi connectivity index (χ1n) is 5.34. The molecule has 1 aliphatic carbocycles. The largest absolute Gasteiger partial charge is 0.442 e. The molecule has 5 heteroatoms. The second kappa shape index (κ2) is 3.54. The van der Waals surface area contributed by atoms with Crippen LogP contribution in [0.5, 0.6) is 0 Å². The van der Waals surface area contributed by atoms with E-state index in [1.807, 2.05) is 0 Å². The van der Waals surface area contributed by atoms with E-state index in [-0.39, 0.29) is 5.92 Å². The van der Waals surface area contributed by atoms with Crippen molar-refractivity contribution in [2.24, 2.45) is 5.92 Å². The quantitative estimate of drug-likeness (QED) is 0.645. The van der Waals surface area contributed by atoms with Gasteiger partial charge in [-0.2, -0.15) is 13.2 Å². The highest BCUT2D eigenvalue weighted by molar-refractivity contribution is 9.59. The van der Waals surface area contributed by atoms with Gasteiger partial charge in [-0.1, -0.05) is 18.2 Å². The summed E-state index contributed by atoms with van der Waals surface area (Å²) in [5, 5.41) is 0. The molecule has 3 rings (SSSR count). The molecule has 0 nitrogen and oxygen atoms in total. The first-order chi connectivity index (χ1) is 7.94. The summed E-state index contributed by atoms with van der Waals surface area (Å²) in [7, 11) is -2.98.